The van der Waals surface area contributed by atoms with Crippen LogP contribution in [0, 0.1) is 17.0 Å². The van der Waals surface area contributed by atoms with Crippen LogP contribution < -0.4 is 10.9 Å². The first-order valence-electron chi connectivity index (χ1n) is 10.4. The van der Waals surface area contributed by atoms with Crippen LogP contribution in [0.25, 0.3) is 16.5 Å². The first-order chi connectivity index (χ1) is 15.9. The number of carbonyl (C=O) groups is 1. The number of H-pyrrole nitrogens is 1. The number of aromatic amines is 1. The van der Waals surface area contributed by atoms with E-state index in [1.807, 2.05) is 11.9 Å². The third-order valence-electron chi connectivity index (χ3n) is 5.67. The molecule has 1 amide bonds. The number of nitrogens with zero attached hydrogens (tertiary/aromatic N) is 2. The van der Waals surface area contributed by atoms with Gasteiger partial charge in [0.1, 0.15) is 0 Å². The fraction of sp³-hybridized carbons (Fsp3) is 0.208. The van der Waals surface area contributed by atoms with Crippen LogP contribution in [0.2, 0.25) is 0 Å². The van der Waals surface area contributed by atoms with Crippen molar-refractivity contribution in [2.45, 2.75) is 0 Å². The van der Waals surface area contributed by atoms with E-state index in [1.54, 1.807) is 24.3 Å². The van der Waals surface area contributed by atoms with E-state index in [0.717, 1.165) is 31.4 Å². The van der Waals surface area contributed by atoms with Crippen molar-refractivity contribution < 1.29 is 13.6 Å². The van der Waals surface area contributed by atoms with Crippen LogP contribution in [0.3, 0.4) is 0 Å². The fourth-order valence-electron chi connectivity index (χ4n) is 3.67. The molecule has 33 heavy (non-hydrogen) atoms. The number of fused-ring (bicyclic) bond motifs is 1. The number of carbonyl (C=O) groups excluding carboxylic acids is 1. The van der Waals surface area contributed by atoms with Gasteiger partial charge in [0, 0.05) is 66.9 Å². The molecule has 0 unspecified atom stereocenters. The third-order valence-corrected chi connectivity index (χ3v) is 5.67. The van der Waals surface area contributed by atoms with E-state index in [2.05, 4.69) is 15.2 Å². The number of likely N-dealkylation sites (N-methyl/N-ethyl adjacent to an activating group) is 1. The van der Waals surface area contributed by atoms with Crippen molar-refractivity contribution in [1.29, 1.82) is 5.41 Å². The molecule has 0 bridgehead atoms. The number of halogens is 2. The number of hydrogen-bond acceptors (Lipinski definition) is 5. The summed E-state index contributed by atoms with van der Waals surface area (Å²) in [5.41, 5.74) is 1.27. The Morgan fingerprint density at radius 3 is 2.39 bits per heavy atom. The second-order valence-electron chi connectivity index (χ2n) is 7.93. The summed E-state index contributed by atoms with van der Waals surface area (Å²) in [6.45, 7) is 3.07. The number of amides is 1. The highest BCUT2D eigenvalue weighted by Crippen LogP contribution is 2.19. The molecule has 1 fully saturated rings. The maximum absolute atomic E-state index is 13.6. The van der Waals surface area contributed by atoms with E-state index in [0.29, 0.717) is 29.7 Å². The molecule has 4 rings (SSSR count). The normalized spacial score (nSPS) is 15.0. The molecule has 0 atom stereocenters. The molecular formula is C24H23F2N5O2. The minimum atomic E-state index is -1.05. The van der Waals surface area contributed by atoms with Gasteiger partial charge in [0.05, 0.1) is 11.1 Å². The molecule has 170 valence electrons. The standard InChI is InChI=1S/C24H23F2N5O2/c1-30-6-8-31(9-7-30)24(33)15-2-4-18(5-3-15)28-14-17(13-27)19-10-16-11-20(25)21(26)12-22(16)29-23(19)32/h2-5,10-14,27-28H,6-9H2,1H3,(H,29,32)/b17-14+,27-13?. The van der Waals surface area contributed by atoms with Gasteiger partial charge in [-0.3, -0.25) is 9.59 Å². The Morgan fingerprint density at radius 1 is 1.06 bits per heavy atom. The van der Waals surface area contributed by atoms with E-state index in [4.69, 9.17) is 5.41 Å². The zero-order valence-corrected chi connectivity index (χ0v) is 18.0. The zero-order valence-electron chi connectivity index (χ0n) is 18.0. The maximum Gasteiger partial charge on any atom is 0.256 e. The Balaban J connectivity index is 1.52. The van der Waals surface area contributed by atoms with Crippen LogP contribution in [0.1, 0.15) is 15.9 Å². The van der Waals surface area contributed by atoms with Crippen LogP contribution >= 0.6 is 0 Å². The first-order valence-corrected chi connectivity index (χ1v) is 10.4. The highest BCUT2D eigenvalue weighted by molar-refractivity contribution is 6.09. The lowest BCUT2D eigenvalue weighted by molar-refractivity contribution is 0.0664. The molecule has 0 aliphatic carbocycles. The van der Waals surface area contributed by atoms with E-state index in [-0.39, 0.29) is 22.6 Å². The number of pyridine rings is 1. The minimum Gasteiger partial charge on any atom is -0.361 e. The molecular weight excluding hydrogens is 428 g/mol. The Morgan fingerprint density at radius 2 is 1.73 bits per heavy atom. The maximum atomic E-state index is 13.6. The van der Waals surface area contributed by atoms with Crippen molar-refractivity contribution in [3.05, 3.63) is 81.8 Å². The Kier molecular flexibility index (Phi) is 6.32. The summed E-state index contributed by atoms with van der Waals surface area (Å²) in [6, 6.07) is 10.3. The van der Waals surface area contributed by atoms with Gasteiger partial charge in [-0.2, -0.15) is 0 Å². The van der Waals surface area contributed by atoms with Gasteiger partial charge in [0.15, 0.2) is 11.6 Å². The summed E-state index contributed by atoms with van der Waals surface area (Å²) in [7, 11) is 2.03. The molecule has 0 radical (unpaired) electrons. The number of anilines is 1. The summed E-state index contributed by atoms with van der Waals surface area (Å²) in [5, 5.41) is 11.0. The average Bonchev–Trinajstić information content (AvgIpc) is 2.81. The minimum absolute atomic E-state index is 0.0169. The smallest absolute Gasteiger partial charge is 0.256 e. The van der Waals surface area contributed by atoms with Crippen LogP contribution in [-0.4, -0.2) is 60.1 Å². The third kappa shape index (κ3) is 4.83. The summed E-state index contributed by atoms with van der Waals surface area (Å²) in [5.74, 6) is -2.09. The van der Waals surface area contributed by atoms with Crippen LogP contribution in [0.4, 0.5) is 14.5 Å². The Hall–Kier alpha value is -3.85. The number of piperazine rings is 1. The average molecular weight is 451 g/mol. The largest absolute Gasteiger partial charge is 0.361 e. The van der Waals surface area contributed by atoms with Crippen LogP contribution in [0.15, 0.2) is 53.5 Å². The second-order valence-corrected chi connectivity index (χ2v) is 7.93. The molecule has 1 aromatic heterocycles. The van der Waals surface area contributed by atoms with Crippen molar-refractivity contribution >= 4 is 34.3 Å². The van der Waals surface area contributed by atoms with Crippen LogP contribution in [0.5, 0.6) is 0 Å². The highest BCUT2D eigenvalue weighted by Gasteiger charge is 2.20. The van der Waals surface area contributed by atoms with Crippen molar-refractivity contribution in [2.75, 3.05) is 38.5 Å². The molecule has 7 nitrogen and oxygen atoms in total. The monoisotopic (exact) mass is 451 g/mol. The predicted molar refractivity (Wildman–Crippen MR) is 125 cm³/mol. The molecule has 0 spiro atoms. The number of aromatic nitrogens is 1. The number of nitrogens with one attached hydrogen (secondary N) is 3. The molecule has 1 aliphatic heterocycles. The first kappa shape index (κ1) is 22.3. The molecule has 9 heteroatoms. The van der Waals surface area contributed by atoms with Crippen molar-refractivity contribution in [3.63, 3.8) is 0 Å². The van der Waals surface area contributed by atoms with E-state index in [9.17, 15) is 18.4 Å². The van der Waals surface area contributed by atoms with Gasteiger partial charge >= 0.3 is 0 Å². The van der Waals surface area contributed by atoms with E-state index >= 15 is 0 Å². The van der Waals surface area contributed by atoms with Crippen molar-refractivity contribution in [1.82, 2.24) is 14.8 Å². The van der Waals surface area contributed by atoms with E-state index in [1.165, 1.54) is 12.3 Å². The summed E-state index contributed by atoms with van der Waals surface area (Å²) in [4.78, 5) is 31.6. The van der Waals surface area contributed by atoms with Gasteiger partial charge in [0.25, 0.3) is 11.5 Å². The van der Waals surface area contributed by atoms with Crippen molar-refractivity contribution in [2.24, 2.45) is 0 Å². The quantitative estimate of drug-likeness (QED) is 0.519. The summed E-state index contributed by atoms with van der Waals surface area (Å²) in [6.07, 6.45) is 2.47. The molecule has 3 N–H and O–H groups in total. The number of benzene rings is 2. The lowest BCUT2D eigenvalue weighted by Gasteiger charge is -2.32. The zero-order chi connectivity index (χ0) is 23.5. The number of rotatable bonds is 5. The van der Waals surface area contributed by atoms with Crippen molar-refractivity contribution in [3.8, 4) is 0 Å². The van der Waals surface area contributed by atoms with Gasteiger partial charge in [-0.1, -0.05) is 0 Å². The SMILES string of the molecule is CN1CCN(C(=O)c2ccc(N/C=C(\C=N)c3cc4cc(F)c(F)cc4[nH]c3=O)cc2)CC1. The van der Waals surface area contributed by atoms with Gasteiger partial charge in [0.2, 0.25) is 0 Å². The number of hydrogen-bond donors (Lipinski definition) is 3. The highest BCUT2D eigenvalue weighted by atomic mass is 19.2. The molecule has 0 saturated carbocycles. The Labute approximate surface area is 188 Å². The summed E-state index contributed by atoms with van der Waals surface area (Å²) >= 11 is 0. The second kappa shape index (κ2) is 9.33. The molecule has 1 saturated heterocycles. The van der Waals surface area contributed by atoms with Gasteiger partial charge in [-0.15, -0.1) is 0 Å². The topological polar surface area (TPSA) is 92.3 Å². The van der Waals surface area contributed by atoms with Gasteiger partial charge in [-0.25, -0.2) is 8.78 Å². The molecule has 2 aromatic carbocycles. The molecule has 2 heterocycles. The number of allylic oxidation sites excluding steroid dienone is 1. The van der Waals surface area contributed by atoms with Gasteiger partial charge in [-0.05, 0) is 43.4 Å². The lowest BCUT2D eigenvalue weighted by atomic mass is 10.1. The molecule has 3 aromatic rings. The lowest BCUT2D eigenvalue weighted by Crippen LogP contribution is -2.47. The van der Waals surface area contributed by atoms with Crippen LogP contribution in [-0.2, 0) is 0 Å². The fourth-order valence-corrected chi connectivity index (χ4v) is 3.67. The van der Waals surface area contributed by atoms with E-state index < -0.39 is 17.2 Å². The predicted octanol–water partition coefficient (Wildman–Crippen LogP) is 3.30. The molecule has 1 aliphatic rings. The Bertz CT molecular complexity index is 1290. The summed E-state index contributed by atoms with van der Waals surface area (Å²) < 4.78 is 27.0. The van der Waals surface area contributed by atoms with Gasteiger partial charge < -0.3 is 25.5 Å².